The van der Waals surface area contributed by atoms with E-state index in [1.807, 2.05) is 6.92 Å². The fraction of sp³-hybridized carbons (Fsp3) is 0.200. The van der Waals surface area contributed by atoms with Crippen molar-refractivity contribution >= 4 is 52.1 Å². The summed E-state index contributed by atoms with van der Waals surface area (Å²) in [5, 5.41) is 2.62. The van der Waals surface area contributed by atoms with Crippen LogP contribution in [0.1, 0.15) is 32.7 Å². The number of aryl methyl sites for hydroxylation is 1. The number of anilines is 1. The van der Waals surface area contributed by atoms with Crippen LogP contribution in [0.4, 0.5) is 5.69 Å². The number of fused-ring (bicyclic) bond motifs is 2. The van der Waals surface area contributed by atoms with E-state index in [0.717, 1.165) is 22.2 Å². The average molecular weight is 424 g/mol. The fourth-order valence-corrected chi connectivity index (χ4v) is 3.67. The first-order valence-electron chi connectivity index (χ1n) is 9.07. The molecule has 0 aliphatic carbocycles. The number of carbonyl (C=O) groups excluding carboxylic acids is 4. The number of carbonyl (C=O) groups is 4. The van der Waals surface area contributed by atoms with Gasteiger partial charge in [-0.1, -0.05) is 17.7 Å². The van der Waals surface area contributed by atoms with E-state index in [-0.39, 0.29) is 13.0 Å². The highest BCUT2D eigenvalue weighted by molar-refractivity contribution is 7.00. The average Bonchev–Trinajstić information content (AvgIpc) is 3.29. The highest BCUT2D eigenvalue weighted by Crippen LogP contribution is 2.24. The van der Waals surface area contributed by atoms with E-state index in [4.69, 9.17) is 4.74 Å². The number of hydrogen-bond donors (Lipinski definition) is 1. The molecule has 4 rings (SSSR count). The number of benzene rings is 2. The number of aromatic nitrogens is 2. The first-order valence-corrected chi connectivity index (χ1v) is 9.80. The molecule has 3 amide bonds. The second kappa shape index (κ2) is 7.99. The van der Waals surface area contributed by atoms with Crippen LogP contribution in [0.15, 0.2) is 36.4 Å². The molecule has 1 aromatic heterocycles. The van der Waals surface area contributed by atoms with E-state index < -0.39 is 30.3 Å². The van der Waals surface area contributed by atoms with Crippen molar-refractivity contribution in [3.63, 3.8) is 0 Å². The summed E-state index contributed by atoms with van der Waals surface area (Å²) in [7, 11) is 0. The number of esters is 1. The molecule has 0 bridgehead atoms. The van der Waals surface area contributed by atoms with E-state index in [1.165, 1.54) is 0 Å². The monoisotopic (exact) mass is 424 g/mol. The Morgan fingerprint density at radius 2 is 1.90 bits per heavy atom. The smallest absolute Gasteiger partial charge is 0.308 e. The fourth-order valence-electron chi connectivity index (χ4n) is 3.12. The second-order valence-corrected chi connectivity index (χ2v) is 7.24. The molecule has 0 fully saturated rings. The largest absolute Gasteiger partial charge is 0.456 e. The summed E-state index contributed by atoms with van der Waals surface area (Å²) >= 11 is 1.03. The van der Waals surface area contributed by atoms with Crippen LogP contribution in [0, 0.1) is 6.92 Å². The Bertz CT molecular complexity index is 1190. The molecule has 152 valence electrons. The van der Waals surface area contributed by atoms with Gasteiger partial charge in [-0.3, -0.25) is 24.1 Å². The lowest BCUT2D eigenvalue weighted by Gasteiger charge is -2.13. The zero-order valence-electron chi connectivity index (χ0n) is 15.9. The summed E-state index contributed by atoms with van der Waals surface area (Å²) in [5.74, 6) is -2.09. The molecule has 0 unspecified atom stereocenters. The highest BCUT2D eigenvalue weighted by atomic mass is 32.1. The maximum atomic E-state index is 12.4. The zero-order valence-corrected chi connectivity index (χ0v) is 16.7. The van der Waals surface area contributed by atoms with Gasteiger partial charge in [0.2, 0.25) is 0 Å². The lowest BCUT2D eigenvalue weighted by molar-refractivity contribution is -0.147. The molecule has 0 spiro atoms. The number of rotatable bonds is 6. The molecule has 0 atom stereocenters. The number of ether oxygens (including phenoxy) is 1. The van der Waals surface area contributed by atoms with Gasteiger partial charge in [-0.2, -0.15) is 8.75 Å². The molecule has 2 aromatic carbocycles. The zero-order chi connectivity index (χ0) is 21.3. The van der Waals surface area contributed by atoms with Gasteiger partial charge in [-0.25, -0.2) is 0 Å². The van der Waals surface area contributed by atoms with Gasteiger partial charge in [0.15, 0.2) is 6.61 Å². The van der Waals surface area contributed by atoms with Crippen LogP contribution in [0.25, 0.3) is 11.0 Å². The van der Waals surface area contributed by atoms with Crippen molar-refractivity contribution in [2.45, 2.75) is 13.3 Å². The second-order valence-electron chi connectivity index (χ2n) is 6.71. The van der Waals surface area contributed by atoms with E-state index in [2.05, 4.69) is 14.1 Å². The van der Waals surface area contributed by atoms with Gasteiger partial charge in [0, 0.05) is 6.54 Å². The Morgan fingerprint density at radius 3 is 2.73 bits per heavy atom. The molecule has 9 nitrogen and oxygen atoms in total. The van der Waals surface area contributed by atoms with Gasteiger partial charge in [0.25, 0.3) is 17.7 Å². The van der Waals surface area contributed by atoms with E-state index in [1.54, 1.807) is 36.4 Å². The molecule has 0 saturated heterocycles. The van der Waals surface area contributed by atoms with Gasteiger partial charge in [0.05, 0.1) is 35.0 Å². The minimum atomic E-state index is -0.688. The number of hydrogen-bond acceptors (Lipinski definition) is 8. The molecule has 1 N–H and O–H groups in total. The topological polar surface area (TPSA) is 119 Å². The van der Waals surface area contributed by atoms with Crippen LogP contribution < -0.4 is 5.32 Å². The summed E-state index contributed by atoms with van der Waals surface area (Å²) in [5.41, 5.74) is 3.21. The first kappa shape index (κ1) is 19.6. The molecule has 10 heteroatoms. The maximum Gasteiger partial charge on any atom is 0.308 e. The molecule has 0 saturated carbocycles. The van der Waals surface area contributed by atoms with Crippen LogP contribution in [0.3, 0.4) is 0 Å². The molecule has 30 heavy (non-hydrogen) atoms. The van der Waals surface area contributed by atoms with Crippen molar-refractivity contribution < 1.29 is 23.9 Å². The minimum Gasteiger partial charge on any atom is -0.456 e. The third-order valence-electron chi connectivity index (χ3n) is 4.59. The summed E-state index contributed by atoms with van der Waals surface area (Å²) in [6.07, 6.45) is -0.205. The standard InChI is InChI=1S/C20H16N4O5S/c1-11-5-6-12-13(9-11)20(28)24(19(12)27)8-7-17(26)29-10-16(25)21-14-3-2-4-15-18(14)23-30-22-15/h2-6,9H,7-8,10H2,1H3,(H,21,25). The predicted molar refractivity (Wildman–Crippen MR) is 108 cm³/mol. The van der Waals surface area contributed by atoms with Gasteiger partial charge in [-0.15, -0.1) is 0 Å². The SMILES string of the molecule is Cc1ccc2c(c1)C(=O)N(CCC(=O)OCC(=O)Nc1cccc3nsnc13)C2=O. The van der Waals surface area contributed by atoms with Crippen molar-refractivity contribution in [2.24, 2.45) is 0 Å². The number of amides is 3. The molecule has 3 aromatic rings. The van der Waals surface area contributed by atoms with Crippen molar-refractivity contribution in [1.82, 2.24) is 13.6 Å². The quantitative estimate of drug-likeness (QED) is 0.476. The molecule has 1 aliphatic heterocycles. The van der Waals surface area contributed by atoms with E-state index in [9.17, 15) is 19.2 Å². The van der Waals surface area contributed by atoms with Crippen LogP contribution in [-0.2, 0) is 14.3 Å². The van der Waals surface area contributed by atoms with Gasteiger partial charge in [-0.05, 0) is 31.2 Å². The summed E-state index contributed by atoms with van der Waals surface area (Å²) < 4.78 is 13.2. The minimum absolute atomic E-state index is 0.115. The van der Waals surface area contributed by atoms with Crippen molar-refractivity contribution in [1.29, 1.82) is 0 Å². The molecular formula is C20H16N4O5S. The van der Waals surface area contributed by atoms with Crippen LogP contribution in [-0.4, -0.2) is 50.5 Å². The molecule has 2 heterocycles. The third kappa shape index (κ3) is 3.77. The van der Waals surface area contributed by atoms with Gasteiger partial charge in [0.1, 0.15) is 11.0 Å². The Hall–Kier alpha value is -3.66. The predicted octanol–water partition coefficient (Wildman–Crippen LogP) is 2.17. The summed E-state index contributed by atoms with van der Waals surface area (Å²) in [4.78, 5) is 49.9. The lowest BCUT2D eigenvalue weighted by atomic mass is 10.1. The molecular weight excluding hydrogens is 408 g/mol. The van der Waals surface area contributed by atoms with Crippen LogP contribution >= 0.6 is 11.7 Å². The molecule has 0 radical (unpaired) electrons. The van der Waals surface area contributed by atoms with Crippen LogP contribution in [0.5, 0.6) is 0 Å². The maximum absolute atomic E-state index is 12.4. The van der Waals surface area contributed by atoms with Gasteiger partial charge >= 0.3 is 5.97 Å². The van der Waals surface area contributed by atoms with Crippen molar-refractivity contribution in [2.75, 3.05) is 18.5 Å². The summed E-state index contributed by atoms with van der Waals surface area (Å²) in [6, 6.07) is 10.2. The number of nitrogens with one attached hydrogen (secondary N) is 1. The Balaban J connectivity index is 1.28. The Labute approximate surface area is 175 Å². The number of nitrogens with zero attached hydrogens (tertiary/aromatic N) is 3. The molecule has 1 aliphatic rings. The summed E-state index contributed by atoms with van der Waals surface area (Å²) in [6.45, 7) is 1.22. The highest BCUT2D eigenvalue weighted by Gasteiger charge is 2.35. The van der Waals surface area contributed by atoms with Crippen molar-refractivity contribution in [3.8, 4) is 0 Å². The van der Waals surface area contributed by atoms with Gasteiger partial charge < -0.3 is 10.1 Å². The number of imide groups is 1. The van der Waals surface area contributed by atoms with Crippen molar-refractivity contribution in [3.05, 3.63) is 53.1 Å². The Morgan fingerprint density at radius 1 is 1.10 bits per heavy atom. The Kier molecular flexibility index (Phi) is 5.23. The van der Waals surface area contributed by atoms with Crippen LogP contribution in [0.2, 0.25) is 0 Å². The van der Waals surface area contributed by atoms with E-state index in [0.29, 0.717) is 27.8 Å². The van der Waals surface area contributed by atoms with E-state index >= 15 is 0 Å². The first-order chi connectivity index (χ1) is 14.4. The third-order valence-corrected chi connectivity index (χ3v) is 5.13. The normalized spacial score (nSPS) is 12.9. The lowest BCUT2D eigenvalue weighted by Crippen LogP contribution is -2.32.